The molecule has 0 aliphatic rings. The van der Waals surface area contributed by atoms with Crippen LogP contribution in [0.25, 0.3) is 0 Å². The minimum Gasteiger partial charge on any atom is -0.497 e. The summed E-state index contributed by atoms with van der Waals surface area (Å²) < 4.78 is 15.7. The molecular formula is C22H27NO5. The van der Waals surface area contributed by atoms with Crippen LogP contribution in [0.1, 0.15) is 30.0 Å². The molecule has 0 bridgehead atoms. The summed E-state index contributed by atoms with van der Waals surface area (Å²) in [6.07, 6.45) is -0.228. The lowest BCUT2D eigenvalue weighted by Gasteiger charge is -2.14. The molecule has 2 aromatic rings. The molecule has 6 nitrogen and oxygen atoms in total. The lowest BCUT2D eigenvalue weighted by molar-refractivity contribution is -0.154. The number of ether oxygens (including phenoxy) is 3. The van der Waals surface area contributed by atoms with Gasteiger partial charge in [0.15, 0.2) is 6.10 Å². The van der Waals surface area contributed by atoms with Crippen molar-refractivity contribution in [1.29, 1.82) is 0 Å². The third-order valence-corrected chi connectivity index (χ3v) is 4.29. The number of carbonyl (C=O) groups excluding carboxylic acids is 2. The smallest absolute Gasteiger partial charge is 0.306 e. The van der Waals surface area contributed by atoms with Crippen LogP contribution >= 0.6 is 0 Å². The lowest BCUT2D eigenvalue weighted by atomic mass is 10.1. The van der Waals surface area contributed by atoms with Crippen LogP contribution in [0.3, 0.4) is 0 Å². The standard InChI is InChI=1S/C22H27NO5/c1-15-5-7-17(8-6-15)14-23-22(25)16(2)28-21(24)10-9-18-11-19(26-3)13-20(12-18)27-4/h5-8,11-13,16H,9-10,14H2,1-4H3,(H,23,25)/t16-/m1/s1. The van der Waals surface area contributed by atoms with E-state index >= 15 is 0 Å². The zero-order chi connectivity index (χ0) is 20.5. The van der Waals surface area contributed by atoms with Crippen molar-refractivity contribution in [2.45, 2.75) is 39.3 Å². The van der Waals surface area contributed by atoms with Gasteiger partial charge in [-0.1, -0.05) is 29.8 Å². The van der Waals surface area contributed by atoms with Crippen LogP contribution in [0.15, 0.2) is 42.5 Å². The first kappa shape index (κ1) is 21.3. The summed E-state index contributed by atoms with van der Waals surface area (Å²) in [5, 5.41) is 2.78. The second-order valence-electron chi connectivity index (χ2n) is 6.56. The molecule has 1 amide bonds. The average molecular weight is 385 g/mol. The van der Waals surface area contributed by atoms with Crippen LogP contribution in [0.2, 0.25) is 0 Å². The van der Waals surface area contributed by atoms with Gasteiger partial charge in [0.1, 0.15) is 11.5 Å². The Kier molecular flexibility index (Phi) is 7.87. The Hall–Kier alpha value is -3.02. The quantitative estimate of drug-likeness (QED) is 0.671. The van der Waals surface area contributed by atoms with E-state index in [1.54, 1.807) is 27.2 Å². The highest BCUT2D eigenvalue weighted by Gasteiger charge is 2.17. The summed E-state index contributed by atoms with van der Waals surface area (Å²) in [4.78, 5) is 24.2. The fraction of sp³-hybridized carbons (Fsp3) is 0.364. The maximum atomic E-state index is 12.1. The van der Waals surface area contributed by atoms with E-state index in [1.807, 2.05) is 43.3 Å². The molecule has 1 N–H and O–H groups in total. The lowest BCUT2D eigenvalue weighted by Crippen LogP contribution is -2.35. The molecule has 0 aromatic heterocycles. The Balaban J connectivity index is 1.80. The van der Waals surface area contributed by atoms with Crippen molar-refractivity contribution >= 4 is 11.9 Å². The van der Waals surface area contributed by atoms with Gasteiger partial charge in [-0.25, -0.2) is 0 Å². The highest BCUT2D eigenvalue weighted by Crippen LogP contribution is 2.23. The van der Waals surface area contributed by atoms with Gasteiger partial charge >= 0.3 is 5.97 Å². The molecule has 0 saturated carbocycles. The molecule has 0 spiro atoms. The normalized spacial score (nSPS) is 11.4. The molecule has 0 aliphatic carbocycles. The predicted octanol–water partition coefficient (Wildman–Crippen LogP) is 3.19. The molecule has 0 heterocycles. The number of methoxy groups -OCH3 is 2. The molecule has 0 aliphatic heterocycles. The van der Waals surface area contributed by atoms with Crippen LogP contribution in [0.5, 0.6) is 11.5 Å². The van der Waals surface area contributed by atoms with E-state index in [-0.39, 0.29) is 12.3 Å². The predicted molar refractivity (Wildman–Crippen MR) is 106 cm³/mol. The van der Waals surface area contributed by atoms with E-state index in [1.165, 1.54) is 0 Å². The van der Waals surface area contributed by atoms with Crippen molar-refractivity contribution in [2.24, 2.45) is 0 Å². The van der Waals surface area contributed by atoms with Crippen LogP contribution in [-0.2, 0) is 27.3 Å². The number of rotatable bonds is 9. The molecule has 0 saturated heterocycles. The van der Waals surface area contributed by atoms with E-state index in [2.05, 4.69) is 5.32 Å². The molecule has 2 aromatic carbocycles. The first-order valence-electron chi connectivity index (χ1n) is 9.16. The molecule has 150 valence electrons. The van der Waals surface area contributed by atoms with E-state index in [9.17, 15) is 9.59 Å². The summed E-state index contributed by atoms with van der Waals surface area (Å²) in [7, 11) is 3.15. The molecule has 0 unspecified atom stereocenters. The Labute approximate surface area is 165 Å². The number of benzene rings is 2. The molecule has 0 radical (unpaired) electrons. The van der Waals surface area contributed by atoms with Gasteiger partial charge in [0.05, 0.1) is 14.2 Å². The Morgan fingerprint density at radius 2 is 1.57 bits per heavy atom. The van der Waals surface area contributed by atoms with Crippen molar-refractivity contribution < 1.29 is 23.8 Å². The zero-order valence-corrected chi connectivity index (χ0v) is 16.8. The minimum atomic E-state index is -0.849. The van der Waals surface area contributed by atoms with E-state index in [4.69, 9.17) is 14.2 Å². The number of hydrogen-bond acceptors (Lipinski definition) is 5. The highest BCUT2D eigenvalue weighted by molar-refractivity contribution is 5.83. The first-order valence-corrected chi connectivity index (χ1v) is 9.16. The molecule has 0 fully saturated rings. The van der Waals surface area contributed by atoms with Crippen LogP contribution in [0.4, 0.5) is 0 Å². The summed E-state index contributed by atoms with van der Waals surface area (Å²) in [6.45, 7) is 3.97. The van der Waals surface area contributed by atoms with Crippen molar-refractivity contribution in [1.82, 2.24) is 5.32 Å². The van der Waals surface area contributed by atoms with Crippen molar-refractivity contribution in [3.63, 3.8) is 0 Å². The van der Waals surface area contributed by atoms with Crippen LogP contribution < -0.4 is 14.8 Å². The van der Waals surface area contributed by atoms with Gasteiger partial charge in [-0.2, -0.15) is 0 Å². The number of carbonyl (C=O) groups is 2. The number of aryl methyl sites for hydroxylation is 2. The Morgan fingerprint density at radius 3 is 2.14 bits per heavy atom. The van der Waals surface area contributed by atoms with E-state index < -0.39 is 12.1 Å². The second-order valence-corrected chi connectivity index (χ2v) is 6.56. The molecule has 6 heteroatoms. The first-order chi connectivity index (χ1) is 13.4. The van der Waals surface area contributed by atoms with Crippen LogP contribution in [-0.4, -0.2) is 32.2 Å². The number of amides is 1. The number of hydrogen-bond donors (Lipinski definition) is 1. The van der Waals surface area contributed by atoms with Gasteiger partial charge in [0, 0.05) is 19.0 Å². The third-order valence-electron chi connectivity index (χ3n) is 4.29. The van der Waals surface area contributed by atoms with Gasteiger partial charge in [0.25, 0.3) is 5.91 Å². The largest absolute Gasteiger partial charge is 0.497 e. The molecule has 1 atom stereocenters. The third kappa shape index (κ3) is 6.61. The summed E-state index contributed by atoms with van der Waals surface area (Å²) >= 11 is 0. The topological polar surface area (TPSA) is 73.9 Å². The highest BCUT2D eigenvalue weighted by atomic mass is 16.5. The molecule has 2 rings (SSSR count). The number of esters is 1. The zero-order valence-electron chi connectivity index (χ0n) is 16.8. The van der Waals surface area contributed by atoms with Gasteiger partial charge in [-0.15, -0.1) is 0 Å². The van der Waals surface area contributed by atoms with Gasteiger partial charge in [0.2, 0.25) is 0 Å². The summed E-state index contributed by atoms with van der Waals surface area (Å²) in [5.41, 5.74) is 3.04. The molecule has 28 heavy (non-hydrogen) atoms. The maximum Gasteiger partial charge on any atom is 0.306 e. The monoisotopic (exact) mass is 385 g/mol. The second kappa shape index (κ2) is 10.3. The Bertz CT molecular complexity index is 779. The van der Waals surface area contributed by atoms with Gasteiger partial charge in [-0.05, 0) is 43.5 Å². The van der Waals surface area contributed by atoms with Gasteiger partial charge in [-0.3, -0.25) is 9.59 Å². The maximum absolute atomic E-state index is 12.1. The average Bonchev–Trinajstić information content (AvgIpc) is 2.71. The minimum absolute atomic E-state index is 0.159. The number of nitrogens with one attached hydrogen (secondary N) is 1. The fourth-order valence-electron chi connectivity index (χ4n) is 2.61. The van der Waals surface area contributed by atoms with Crippen LogP contribution in [0, 0.1) is 6.92 Å². The van der Waals surface area contributed by atoms with E-state index in [0.717, 1.165) is 16.7 Å². The summed E-state index contributed by atoms with van der Waals surface area (Å²) in [5.74, 6) is 0.565. The van der Waals surface area contributed by atoms with Crippen molar-refractivity contribution in [2.75, 3.05) is 14.2 Å². The van der Waals surface area contributed by atoms with Crippen molar-refractivity contribution in [3.8, 4) is 11.5 Å². The Morgan fingerprint density at radius 1 is 0.964 bits per heavy atom. The molecular weight excluding hydrogens is 358 g/mol. The van der Waals surface area contributed by atoms with Gasteiger partial charge < -0.3 is 19.5 Å². The SMILES string of the molecule is COc1cc(CCC(=O)O[C@H](C)C(=O)NCc2ccc(C)cc2)cc(OC)c1. The van der Waals surface area contributed by atoms with E-state index in [0.29, 0.717) is 24.5 Å². The summed E-state index contributed by atoms with van der Waals surface area (Å²) in [6, 6.07) is 13.3. The van der Waals surface area contributed by atoms with Crippen molar-refractivity contribution in [3.05, 3.63) is 59.2 Å². The fourth-order valence-corrected chi connectivity index (χ4v) is 2.61.